The van der Waals surface area contributed by atoms with Crippen molar-refractivity contribution in [3.63, 3.8) is 0 Å². The number of benzene rings is 1. The lowest BCUT2D eigenvalue weighted by Crippen LogP contribution is -2.21. The number of aromatic hydroxyl groups is 1. The summed E-state index contributed by atoms with van der Waals surface area (Å²) < 4.78 is 30.1. The molecule has 0 aliphatic rings. The third-order valence-electron chi connectivity index (χ3n) is 2.79. The quantitative estimate of drug-likeness (QED) is 0.823. The van der Waals surface area contributed by atoms with Gasteiger partial charge in [-0.05, 0) is 30.3 Å². The van der Waals surface area contributed by atoms with Gasteiger partial charge in [-0.1, -0.05) is 11.6 Å². The molecule has 0 unspecified atom stereocenters. The van der Waals surface area contributed by atoms with E-state index in [2.05, 4.69) is 5.32 Å². The molecular weight excluding hydrogens is 316 g/mol. The molecule has 0 radical (unpaired) electrons. The first-order valence-electron chi connectivity index (χ1n) is 6.04. The maximum absolute atomic E-state index is 11.9. The van der Waals surface area contributed by atoms with Gasteiger partial charge in [0.25, 0.3) is 10.0 Å². The van der Waals surface area contributed by atoms with E-state index in [1.807, 2.05) is 0 Å². The molecule has 6 nitrogen and oxygen atoms in total. The van der Waals surface area contributed by atoms with E-state index in [-0.39, 0.29) is 15.9 Å². The molecule has 21 heavy (non-hydrogen) atoms. The molecule has 0 aliphatic carbocycles. The Morgan fingerprint density at radius 1 is 1.29 bits per heavy atom. The number of hydrogen-bond donors (Lipinski definition) is 2. The van der Waals surface area contributed by atoms with E-state index in [4.69, 9.17) is 16.0 Å². The van der Waals surface area contributed by atoms with Gasteiger partial charge in [-0.3, -0.25) is 0 Å². The van der Waals surface area contributed by atoms with Crippen LogP contribution >= 0.6 is 11.6 Å². The van der Waals surface area contributed by atoms with Crippen molar-refractivity contribution in [2.45, 2.75) is 11.6 Å². The summed E-state index contributed by atoms with van der Waals surface area (Å²) in [7, 11) is -0.689. The number of nitrogens with one attached hydrogen (secondary N) is 1. The maximum atomic E-state index is 11.9. The van der Waals surface area contributed by atoms with Gasteiger partial charge in [0.05, 0.1) is 11.6 Å². The van der Waals surface area contributed by atoms with Crippen LogP contribution in [0.4, 0.5) is 5.69 Å². The second kappa shape index (κ2) is 5.97. The average Bonchev–Trinajstić information content (AvgIpc) is 2.89. The molecule has 0 saturated carbocycles. The number of halogens is 1. The zero-order valence-electron chi connectivity index (χ0n) is 11.5. The van der Waals surface area contributed by atoms with E-state index < -0.39 is 10.0 Å². The highest BCUT2D eigenvalue weighted by molar-refractivity contribution is 7.88. The van der Waals surface area contributed by atoms with Gasteiger partial charge < -0.3 is 14.8 Å². The highest BCUT2D eigenvalue weighted by Crippen LogP contribution is 2.26. The largest absolute Gasteiger partial charge is 0.506 e. The molecule has 0 fully saturated rings. The molecule has 8 heteroatoms. The second-order valence-corrected chi connectivity index (χ2v) is 7.02. The fourth-order valence-corrected chi connectivity index (χ4v) is 2.57. The van der Waals surface area contributed by atoms with Crippen LogP contribution < -0.4 is 5.32 Å². The average molecular weight is 331 g/mol. The summed E-state index contributed by atoms with van der Waals surface area (Å²) >= 11 is 5.80. The van der Waals surface area contributed by atoms with E-state index in [0.29, 0.717) is 18.0 Å². The minimum atomic E-state index is -3.57. The first-order valence-corrected chi connectivity index (χ1v) is 7.86. The normalized spacial score (nSPS) is 11.8. The van der Waals surface area contributed by atoms with E-state index in [9.17, 15) is 13.5 Å². The van der Waals surface area contributed by atoms with E-state index >= 15 is 0 Å². The fraction of sp³-hybridized carbons (Fsp3) is 0.231. The third kappa shape index (κ3) is 3.49. The zero-order chi connectivity index (χ0) is 15.6. The van der Waals surface area contributed by atoms with Crippen molar-refractivity contribution in [2.24, 2.45) is 0 Å². The molecule has 2 N–H and O–H groups in total. The van der Waals surface area contributed by atoms with E-state index in [1.54, 1.807) is 18.2 Å². The van der Waals surface area contributed by atoms with Gasteiger partial charge in [-0.2, -0.15) is 0 Å². The topological polar surface area (TPSA) is 82.8 Å². The monoisotopic (exact) mass is 330 g/mol. The Hall–Kier alpha value is -1.70. The van der Waals surface area contributed by atoms with Crippen LogP contribution in [0.25, 0.3) is 0 Å². The first kappa shape index (κ1) is 15.7. The predicted molar refractivity (Wildman–Crippen MR) is 80.0 cm³/mol. The molecule has 2 aromatic rings. The predicted octanol–water partition coefficient (Wildman–Crippen LogP) is 2.50. The van der Waals surface area contributed by atoms with Gasteiger partial charge in [0.2, 0.25) is 5.09 Å². The molecule has 1 aromatic heterocycles. The van der Waals surface area contributed by atoms with Crippen LogP contribution in [0.3, 0.4) is 0 Å². The van der Waals surface area contributed by atoms with Crippen LogP contribution in [0.5, 0.6) is 5.75 Å². The number of nitrogens with zero attached hydrogens (tertiary/aromatic N) is 1. The van der Waals surface area contributed by atoms with Gasteiger partial charge in [0.1, 0.15) is 11.5 Å². The lowest BCUT2D eigenvalue weighted by atomic mass is 10.3. The van der Waals surface area contributed by atoms with Crippen molar-refractivity contribution in [1.29, 1.82) is 0 Å². The van der Waals surface area contributed by atoms with Gasteiger partial charge in [0, 0.05) is 19.8 Å². The Morgan fingerprint density at radius 2 is 2.00 bits per heavy atom. The van der Waals surface area contributed by atoms with Gasteiger partial charge >= 0.3 is 0 Å². The maximum Gasteiger partial charge on any atom is 0.275 e. The van der Waals surface area contributed by atoms with Crippen molar-refractivity contribution in [3.8, 4) is 5.75 Å². The van der Waals surface area contributed by atoms with Gasteiger partial charge in [0.15, 0.2) is 0 Å². The lowest BCUT2D eigenvalue weighted by molar-refractivity contribution is 0.402. The third-order valence-corrected chi connectivity index (χ3v) is 4.78. The van der Waals surface area contributed by atoms with Crippen molar-refractivity contribution in [1.82, 2.24) is 4.31 Å². The van der Waals surface area contributed by atoms with Crippen molar-refractivity contribution in [3.05, 3.63) is 41.1 Å². The van der Waals surface area contributed by atoms with E-state index in [0.717, 1.165) is 4.31 Å². The summed E-state index contributed by atoms with van der Waals surface area (Å²) in [6, 6.07) is 7.69. The van der Waals surface area contributed by atoms with Crippen molar-refractivity contribution >= 4 is 27.3 Å². The minimum Gasteiger partial charge on any atom is -0.506 e. The highest BCUT2D eigenvalue weighted by Gasteiger charge is 2.21. The Labute approximate surface area is 128 Å². The Kier molecular flexibility index (Phi) is 4.46. The zero-order valence-corrected chi connectivity index (χ0v) is 13.1. The standard InChI is InChI=1S/C13H15ClN2O4S/c1-16(2)21(18,19)13-6-4-10(20-13)8-15-9-3-5-12(17)11(14)7-9/h3-7,15,17H,8H2,1-2H3. The van der Waals surface area contributed by atoms with Crippen LogP contribution in [0.1, 0.15) is 5.76 Å². The van der Waals surface area contributed by atoms with Gasteiger partial charge in [-0.25, -0.2) is 12.7 Å². The first-order chi connectivity index (χ1) is 9.80. The summed E-state index contributed by atoms with van der Waals surface area (Å²) in [5.74, 6) is 0.471. The minimum absolute atomic E-state index is 0.000391. The highest BCUT2D eigenvalue weighted by atomic mass is 35.5. The number of phenols is 1. The molecule has 0 bridgehead atoms. The molecule has 0 atom stereocenters. The van der Waals surface area contributed by atoms with Crippen LogP contribution in [0.2, 0.25) is 5.02 Å². The molecule has 2 rings (SSSR count). The van der Waals surface area contributed by atoms with Crippen LogP contribution in [0.15, 0.2) is 39.8 Å². The van der Waals surface area contributed by atoms with Crippen molar-refractivity contribution in [2.75, 3.05) is 19.4 Å². The fourth-order valence-electron chi connectivity index (χ4n) is 1.58. The second-order valence-electron chi connectivity index (χ2n) is 4.53. The smallest absolute Gasteiger partial charge is 0.275 e. The lowest BCUT2D eigenvalue weighted by Gasteiger charge is -2.08. The summed E-state index contributed by atoms with van der Waals surface area (Å²) in [5, 5.41) is 12.5. The number of anilines is 1. The molecule has 0 amide bonds. The molecule has 114 valence electrons. The molecule has 0 aliphatic heterocycles. The molecular formula is C13H15ClN2O4S. The Balaban J connectivity index is 2.08. The number of hydrogen-bond acceptors (Lipinski definition) is 5. The Bertz CT molecular complexity index is 740. The Morgan fingerprint density at radius 3 is 2.62 bits per heavy atom. The number of furan rings is 1. The molecule has 1 heterocycles. The number of sulfonamides is 1. The summed E-state index contributed by atoms with van der Waals surface area (Å²) in [6.07, 6.45) is 0. The van der Waals surface area contributed by atoms with Crippen LogP contribution in [-0.4, -0.2) is 31.9 Å². The van der Waals surface area contributed by atoms with Crippen LogP contribution in [-0.2, 0) is 16.6 Å². The molecule has 0 spiro atoms. The SMILES string of the molecule is CN(C)S(=O)(=O)c1ccc(CNc2ccc(O)c(Cl)c2)o1. The summed E-state index contributed by atoms with van der Waals surface area (Å²) in [5.41, 5.74) is 0.686. The van der Waals surface area contributed by atoms with Crippen molar-refractivity contribution < 1.29 is 17.9 Å². The van der Waals surface area contributed by atoms with Crippen LogP contribution in [0, 0.1) is 0 Å². The molecule has 1 aromatic carbocycles. The molecule has 0 saturated heterocycles. The summed E-state index contributed by atoms with van der Waals surface area (Å²) in [4.78, 5) is 0. The number of phenolic OH excluding ortho intramolecular Hbond substituents is 1. The van der Waals surface area contributed by atoms with E-state index in [1.165, 1.54) is 26.2 Å². The van der Waals surface area contributed by atoms with Gasteiger partial charge in [-0.15, -0.1) is 0 Å². The summed E-state index contributed by atoms with van der Waals surface area (Å²) in [6.45, 7) is 0.296. The number of rotatable bonds is 5.